The van der Waals surface area contributed by atoms with Gasteiger partial charge in [-0.15, -0.1) is 5.10 Å². The van der Waals surface area contributed by atoms with E-state index >= 15 is 0 Å². The molecule has 0 radical (unpaired) electrons. The molecule has 9 heteroatoms. The molecular weight excluding hydrogens is 340 g/mol. The number of aromatic nitrogens is 4. The summed E-state index contributed by atoms with van der Waals surface area (Å²) in [6, 6.07) is 9.47. The highest BCUT2D eigenvalue weighted by Crippen LogP contribution is 2.18. The number of halogens is 3. The van der Waals surface area contributed by atoms with E-state index in [0.717, 1.165) is 6.07 Å². The zero-order valence-electron chi connectivity index (χ0n) is 12.1. The first-order valence-corrected chi connectivity index (χ1v) is 7.19. The van der Waals surface area contributed by atoms with Crippen LogP contribution < -0.4 is 5.32 Å². The molecule has 0 bridgehead atoms. The van der Waals surface area contributed by atoms with E-state index < -0.39 is 17.5 Å². The normalized spacial score (nSPS) is 10.6. The Balaban J connectivity index is 1.77. The van der Waals surface area contributed by atoms with E-state index in [0.29, 0.717) is 11.5 Å². The summed E-state index contributed by atoms with van der Waals surface area (Å²) < 4.78 is 28.0. The second kappa shape index (κ2) is 6.71. The van der Waals surface area contributed by atoms with E-state index in [2.05, 4.69) is 20.8 Å². The van der Waals surface area contributed by atoms with Gasteiger partial charge in [0.25, 0.3) is 5.91 Å². The second-order valence-corrected chi connectivity index (χ2v) is 5.17. The Hall–Kier alpha value is -2.87. The fraction of sp³-hybridized carbons (Fsp3) is 0.0667. The Morgan fingerprint density at radius 1 is 1.17 bits per heavy atom. The number of amides is 1. The third-order valence-electron chi connectivity index (χ3n) is 3.20. The Morgan fingerprint density at radius 2 is 1.92 bits per heavy atom. The summed E-state index contributed by atoms with van der Waals surface area (Å²) in [6.07, 6.45) is 0. The van der Waals surface area contributed by atoms with E-state index in [1.165, 1.54) is 41.1 Å². The lowest BCUT2D eigenvalue weighted by atomic mass is 10.2. The molecule has 0 fully saturated rings. The Morgan fingerprint density at radius 3 is 2.62 bits per heavy atom. The predicted octanol–water partition coefficient (Wildman–Crippen LogP) is 2.52. The van der Waals surface area contributed by atoms with Crippen molar-refractivity contribution in [2.24, 2.45) is 0 Å². The molecule has 0 unspecified atom stereocenters. The second-order valence-electron chi connectivity index (χ2n) is 4.76. The molecule has 1 N–H and O–H groups in total. The standard InChI is InChI=1S/C15H10ClF2N5O/c16-11-2-1-3-12(18)14(11)15(24)19-8-13-20-21-22-23(13)10-6-4-9(17)5-7-10/h1-7H,8H2,(H,19,24). The average molecular weight is 350 g/mol. The molecule has 0 saturated carbocycles. The van der Waals surface area contributed by atoms with Gasteiger partial charge in [0.05, 0.1) is 22.8 Å². The van der Waals surface area contributed by atoms with E-state index in [4.69, 9.17) is 11.6 Å². The number of nitrogens with one attached hydrogen (secondary N) is 1. The lowest BCUT2D eigenvalue weighted by Gasteiger charge is -2.08. The summed E-state index contributed by atoms with van der Waals surface area (Å²) in [4.78, 5) is 12.1. The van der Waals surface area contributed by atoms with Crippen molar-refractivity contribution in [3.63, 3.8) is 0 Å². The number of carbonyl (C=O) groups excluding carboxylic acids is 1. The van der Waals surface area contributed by atoms with E-state index in [-0.39, 0.29) is 17.1 Å². The van der Waals surface area contributed by atoms with Crippen LogP contribution in [0.2, 0.25) is 5.02 Å². The molecule has 1 aromatic heterocycles. The van der Waals surface area contributed by atoms with Crippen molar-refractivity contribution in [2.75, 3.05) is 0 Å². The van der Waals surface area contributed by atoms with Gasteiger partial charge in [0.2, 0.25) is 0 Å². The highest BCUT2D eigenvalue weighted by Gasteiger charge is 2.17. The summed E-state index contributed by atoms with van der Waals surface area (Å²) in [7, 11) is 0. The molecule has 2 aromatic carbocycles. The molecule has 0 aliphatic rings. The smallest absolute Gasteiger partial charge is 0.256 e. The highest BCUT2D eigenvalue weighted by molar-refractivity contribution is 6.33. The SMILES string of the molecule is O=C(NCc1nnnn1-c1ccc(F)cc1)c1c(F)cccc1Cl. The van der Waals surface area contributed by atoms with Crippen LogP contribution in [0.3, 0.4) is 0 Å². The fourth-order valence-electron chi connectivity index (χ4n) is 2.06. The van der Waals surface area contributed by atoms with Crippen LogP contribution in [0.4, 0.5) is 8.78 Å². The molecule has 122 valence electrons. The van der Waals surface area contributed by atoms with Gasteiger partial charge in [0, 0.05) is 0 Å². The molecule has 3 rings (SSSR count). The lowest BCUT2D eigenvalue weighted by molar-refractivity contribution is 0.0945. The van der Waals surface area contributed by atoms with Gasteiger partial charge in [0.1, 0.15) is 11.6 Å². The number of tetrazole rings is 1. The maximum Gasteiger partial charge on any atom is 0.256 e. The summed E-state index contributed by atoms with van der Waals surface area (Å²) in [5.41, 5.74) is 0.273. The van der Waals surface area contributed by atoms with Gasteiger partial charge < -0.3 is 5.32 Å². The van der Waals surface area contributed by atoms with E-state index in [1.807, 2.05) is 0 Å². The zero-order chi connectivity index (χ0) is 17.1. The Labute approximate surface area is 140 Å². The van der Waals surface area contributed by atoms with Crippen LogP contribution in [0, 0.1) is 11.6 Å². The maximum absolute atomic E-state index is 13.7. The van der Waals surface area contributed by atoms with E-state index in [9.17, 15) is 13.6 Å². The van der Waals surface area contributed by atoms with Gasteiger partial charge in [-0.05, 0) is 46.8 Å². The van der Waals surface area contributed by atoms with Crippen molar-refractivity contribution in [1.29, 1.82) is 0 Å². The van der Waals surface area contributed by atoms with Crippen molar-refractivity contribution in [1.82, 2.24) is 25.5 Å². The predicted molar refractivity (Wildman–Crippen MR) is 81.7 cm³/mol. The largest absolute Gasteiger partial charge is 0.345 e. The molecule has 3 aromatic rings. The van der Waals surface area contributed by atoms with Crippen molar-refractivity contribution in [3.8, 4) is 5.69 Å². The van der Waals surface area contributed by atoms with Crippen molar-refractivity contribution < 1.29 is 13.6 Å². The number of hydrogen-bond acceptors (Lipinski definition) is 4. The monoisotopic (exact) mass is 349 g/mol. The Kier molecular flexibility index (Phi) is 4.48. The first-order valence-electron chi connectivity index (χ1n) is 6.81. The first-order chi connectivity index (χ1) is 11.6. The van der Waals surface area contributed by atoms with Crippen molar-refractivity contribution >= 4 is 17.5 Å². The van der Waals surface area contributed by atoms with Crippen LogP contribution in [-0.2, 0) is 6.54 Å². The molecule has 0 aliphatic heterocycles. The third-order valence-corrected chi connectivity index (χ3v) is 3.52. The molecule has 1 amide bonds. The van der Waals surface area contributed by atoms with Gasteiger partial charge in [-0.1, -0.05) is 17.7 Å². The molecule has 0 aliphatic carbocycles. The third kappa shape index (κ3) is 3.23. The number of benzene rings is 2. The van der Waals surface area contributed by atoms with Gasteiger partial charge >= 0.3 is 0 Å². The molecule has 6 nitrogen and oxygen atoms in total. The van der Waals surface area contributed by atoms with Crippen LogP contribution >= 0.6 is 11.6 Å². The number of nitrogens with zero attached hydrogens (tertiary/aromatic N) is 4. The van der Waals surface area contributed by atoms with Crippen LogP contribution in [0.15, 0.2) is 42.5 Å². The Bertz CT molecular complexity index is 862. The summed E-state index contributed by atoms with van der Waals surface area (Å²) >= 11 is 5.85. The molecular formula is C15H10ClF2N5O. The average Bonchev–Trinajstić information content (AvgIpc) is 3.02. The summed E-state index contributed by atoms with van der Waals surface area (Å²) in [5.74, 6) is -1.51. The lowest BCUT2D eigenvalue weighted by Crippen LogP contribution is -2.26. The van der Waals surface area contributed by atoms with Crippen LogP contribution in [0.25, 0.3) is 5.69 Å². The van der Waals surface area contributed by atoms with Gasteiger partial charge in [0.15, 0.2) is 5.82 Å². The first kappa shape index (κ1) is 16.0. The van der Waals surface area contributed by atoms with Crippen LogP contribution in [0.1, 0.15) is 16.2 Å². The molecule has 0 spiro atoms. The topological polar surface area (TPSA) is 72.7 Å². The minimum atomic E-state index is -0.724. The van der Waals surface area contributed by atoms with Crippen molar-refractivity contribution in [3.05, 3.63) is 70.5 Å². The number of carbonyl (C=O) groups is 1. The van der Waals surface area contributed by atoms with Gasteiger partial charge in [-0.25, -0.2) is 8.78 Å². The van der Waals surface area contributed by atoms with Gasteiger partial charge in [-0.2, -0.15) is 4.68 Å². The molecule has 0 saturated heterocycles. The summed E-state index contributed by atoms with van der Waals surface area (Å²) in [5, 5.41) is 13.6. The molecule has 1 heterocycles. The van der Waals surface area contributed by atoms with Crippen LogP contribution in [-0.4, -0.2) is 26.1 Å². The van der Waals surface area contributed by atoms with Gasteiger partial charge in [-0.3, -0.25) is 4.79 Å². The zero-order valence-corrected chi connectivity index (χ0v) is 12.8. The van der Waals surface area contributed by atoms with Crippen molar-refractivity contribution in [2.45, 2.75) is 6.54 Å². The highest BCUT2D eigenvalue weighted by atomic mass is 35.5. The minimum Gasteiger partial charge on any atom is -0.345 e. The number of hydrogen-bond donors (Lipinski definition) is 1. The molecule has 24 heavy (non-hydrogen) atoms. The van der Waals surface area contributed by atoms with Crippen LogP contribution in [0.5, 0.6) is 0 Å². The quantitative estimate of drug-likeness (QED) is 0.785. The number of rotatable bonds is 4. The minimum absolute atomic E-state index is 0.00521. The molecule has 0 atom stereocenters. The van der Waals surface area contributed by atoms with E-state index in [1.54, 1.807) is 0 Å². The fourth-order valence-corrected chi connectivity index (χ4v) is 2.31. The summed E-state index contributed by atoms with van der Waals surface area (Å²) in [6.45, 7) is -0.0616. The maximum atomic E-state index is 13.7.